The van der Waals surface area contributed by atoms with E-state index in [2.05, 4.69) is 37.8 Å². The highest BCUT2D eigenvalue weighted by atomic mass is 79.9. The Morgan fingerprint density at radius 1 is 1.11 bits per heavy atom. The fraction of sp³-hybridized carbons (Fsp3) is 0.100. The number of terminal acetylenes is 1. The molecule has 2 amide bonds. The molecule has 0 unspecified atom stereocenters. The van der Waals surface area contributed by atoms with Crippen LogP contribution in [0, 0.1) is 12.3 Å². The van der Waals surface area contributed by atoms with Crippen LogP contribution in [-0.2, 0) is 11.4 Å². The van der Waals surface area contributed by atoms with Crippen molar-refractivity contribution in [1.82, 2.24) is 4.90 Å². The van der Waals surface area contributed by atoms with Gasteiger partial charge >= 0.3 is 0 Å². The lowest BCUT2D eigenvalue weighted by Gasteiger charge is -2.11. The number of imide groups is 1. The number of hydrogen-bond donors (Lipinski definition) is 0. The van der Waals surface area contributed by atoms with E-state index in [1.54, 1.807) is 6.08 Å². The third-order valence-electron chi connectivity index (χ3n) is 3.69. The van der Waals surface area contributed by atoms with Gasteiger partial charge in [-0.05, 0) is 53.7 Å². The molecule has 7 heteroatoms. The molecular formula is C20H13Br2NO3S. The normalized spacial score (nSPS) is 15.3. The van der Waals surface area contributed by atoms with Crippen molar-refractivity contribution in [3.63, 3.8) is 0 Å². The third kappa shape index (κ3) is 4.83. The van der Waals surface area contributed by atoms with Crippen molar-refractivity contribution in [2.75, 3.05) is 6.54 Å². The van der Waals surface area contributed by atoms with E-state index in [1.807, 2.05) is 42.5 Å². The van der Waals surface area contributed by atoms with Gasteiger partial charge in [0.25, 0.3) is 11.1 Å². The maximum atomic E-state index is 12.4. The molecule has 0 N–H and O–H groups in total. The molecule has 27 heavy (non-hydrogen) atoms. The molecule has 1 fully saturated rings. The van der Waals surface area contributed by atoms with Crippen molar-refractivity contribution in [2.45, 2.75) is 6.61 Å². The standard InChI is InChI=1S/C20H13Br2NO3S/c1-2-9-23-19(24)18(27-20(23)25)11-14-10-16(22)7-8-17(14)26-12-13-3-5-15(21)6-4-13/h1,3-8,10-11H,9,12H2/b18-11+. The molecule has 2 aromatic rings. The molecular weight excluding hydrogens is 494 g/mol. The van der Waals surface area contributed by atoms with Gasteiger partial charge in [-0.15, -0.1) is 6.42 Å². The molecule has 1 saturated heterocycles. The Kier molecular flexibility index (Phi) is 6.42. The van der Waals surface area contributed by atoms with Gasteiger partial charge in [-0.3, -0.25) is 14.5 Å². The van der Waals surface area contributed by atoms with E-state index in [0.29, 0.717) is 22.8 Å². The molecule has 0 atom stereocenters. The maximum Gasteiger partial charge on any atom is 0.294 e. The molecule has 1 aliphatic heterocycles. The molecule has 0 spiro atoms. The topological polar surface area (TPSA) is 46.6 Å². The summed E-state index contributed by atoms with van der Waals surface area (Å²) in [6.07, 6.45) is 6.88. The minimum Gasteiger partial charge on any atom is -0.488 e. The molecule has 0 aromatic heterocycles. The van der Waals surface area contributed by atoms with Gasteiger partial charge in [0.15, 0.2) is 0 Å². The van der Waals surface area contributed by atoms with Gasteiger partial charge in [0.1, 0.15) is 12.4 Å². The minimum absolute atomic E-state index is 0.0343. The summed E-state index contributed by atoms with van der Waals surface area (Å²) in [5.41, 5.74) is 1.72. The zero-order chi connectivity index (χ0) is 19.4. The fourth-order valence-electron chi connectivity index (χ4n) is 2.37. The van der Waals surface area contributed by atoms with Crippen LogP contribution >= 0.6 is 43.6 Å². The van der Waals surface area contributed by atoms with Crippen LogP contribution in [0.15, 0.2) is 56.3 Å². The van der Waals surface area contributed by atoms with Gasteiger partial charge in [-0.25, -0.2) is 0 Å². The summed E-state index contributed by atoms with van der Waals surface area (Å²) < 4.78 is 7.77. The molecule has 0 saturated carbocycles. The number of carbonyl (C=O) groups excluding carboxylic acids is 2. The number of benzene rings is 2. The smallest absolute Gasteiger partial charge is 0.294 e. The van der Waals surface area contributed by atoms with Crippen LogP contribution < -0.4 is 4.74 Å². The highest BCUT2D eigenvalue weighted by molar-refractivity contribution is 9.10. The number of halogens is 2. The molecule has 136 valence electrons. The highest BCUT2D eigenvalue weighted by Gasteiger charge is 2.34. The number of carbonyl (C=O) groups is 2. The van der Waals surface area contributed by atoms with E-state index >= 15 is 0 Å². The van der Waals surface area contributed by atoms with Crippen LogP contribution in [0.25, 0.3) is 6.08 Å². The summed E-state index contributed by atoms with van der Waals surface area (Å²) >= 11 is 7.71. The summed E-state index contributed by atoms with van der Waals surface area (Å²) in [6.45, 7) is 0.349. The number of amides is 2. The molecule has 3 rings (SSSR count). The second-order valence-electron chi connectivity index (χ2n) is 5.57. The van der Waals surface area contributed by atoms with Crippen molar-refractivity contribution < 1.29 is 14.3 Å². The lowest BCUT2D eigenvalue weighted by molar-refractivity contribution is -0.122. The number of nitrogens with zero attached hydrogens (tertiary/aromatic N) is 1. The molecule has 1 heterocycles. The Balaban J connectivity index is 1.84. The average Bonchev–Trinajstić information content (AvgIpc) is 2.90. The van der Waals surface area contributed by atoms with Crippen molar-refractivity contribution in [3.05, 3.63) is 67.4 Å². The SMILES string of the molecule is C#CCN1C(=O)S/C(=C/c2cc(Br)ccc2OCc2ccc(Br)cc2)C1=O. The minimum atomic E-state index is -0.387. The van der Waals surface area contributed by atoms with Gasteiger partial charge in [0, 0.05) is 14.5 Å². The monoisotopic (exact) mass is 505 g/mol. The second kappa shape index (κ2) is 8.79. The first-order chi connectivity index (χ1) is 13.0. The van der Waals surface area contributed by atoms with Gasteiger partial charge in [-0.2, -0.15) is 0 Å². The van der Waals surface area contributed by atoms with Crippen molar-refractivity contribution in [2.24, 2.45) is 0 Å². The Hall–Kier alpha value is -2.01. The van der Waals surface area contributed by atoms with Crippen molar-refractivity contribution in [3.8, 4) is 18.1 Å². The Bertz CT molecular complexity index is 964. The zero-order valence-electron chi connectivity index (χ0n) is 13.9. The molecule has 2 aromatic carbocycles. The van der Waals surface area contributed by atoms with Crippen molar-refractivity contribution >= 4 is 60.8 Å². The Morgan fingerprint density at radius 3 is 2.52 bits per heavy atom. The van der Waals surface area contributed by atoms with E-state index in [-0.39, 0.29) is 17.7 Å². The van der Waals surface area contributed by atoms with Crippen LogP contribution in [0.3, 0.4) is 0 Å². The highest BCUT2D eigenvalue weighted by Crippen LogP contribution is 2.34. The van der Waals surface area contributed by atoms with Crippen LogP contribution in [-0.4, -0.2) is 22.6 Å². The quantitative estimate of drug-likeness (QED) is 0.399. The lowest BCUT2D eigenvalue weighted by Crippen LogP contribution is -2.28. The summed E-state index contributed by atoms with van der Waals surface area (Å²) in [7, 11) is 0. The van der Waals surface area contributed by atoms with Crippen LogP contribution in [0.5, 0.6) is 5.75 Å². The van der Waals surface area contributed by atoms with Gasteiger partial charge in [0.2, 0.25) is 0 Å². The zero-order valence-corrected chi connectivity index (χ0v) is 17.9. The summed E-state index contributed by atoms with van der Waals surface area (Å²) in [5.74, 6) is 2.55. The van der Waals surface area contributed by atoms with E-state index in [4.69, 9.17) is 11.2 Å². The lowest BCUT2D eigenvalue weighted by atomic mass is 10.1. The number of rotatable bonds is 5. The summed E-state index contributed by atoms with van der Waals surface area (Å²) in [4.78, 5) is 25.7. The van der Waals surface area contributed by atoms with Gasteiger partial charge in [-0.1, -0.05) is 49.9 Å². The molecule has 0 bridgehead atoms. The first kappa shape index (κ1) is 19.7. The van der Waals surface area contributed by atoms with Crippen LogP contribution in [0.2, 0.25) is 0 Å². The molecule has 4 nitrogen and oxygen atoms in total. The molecule has 0 aliphatic carbocycles. The van der Waals surface area contributed by atoms with E-state index < -0.39 is 0 Å². The van der Waals surface area contributed by atoms with Gasteiger partial charge < -0.3 is 4.74 Å². The maximum absolute atomic E-state index is 12.4. The first-order valence-electron chi connectivity index (χ1n) is 7.83. The summed E-state index contributed by atoms with van der Waals surface area (Å²) in [6, 6.07) is 13.3. The summed E-state index contributed by atoms with van der Waals surface area (Å²) in [5, 5.41) is -0.364. The van der Waals surface area contributed by atoms with E-state index in [9.17, 15) is 9.59 Å². The fourth-order valence-corrected chi connectivity index (χ4v) is 3.85. The number of hydrogen-bond acceptors (Lipinski definition) is 4. The number of ether oxygens (including phenoxy) is 1. The van der Waals surface area contributed by atoms with E-state index in [1.165, 1.54) is 0 Å². The van der Waals surface area contributed by atoms with Crippen LogP contribution in [0.1, 0.15) is 11.1 Å². The predicted molar refractivity (Wildman–Crippen MR) is 114 cm³/mol. The second-order valence-corrected chi connectivity index (χ2v) is 8.39. The average molecular weight is 507 g/mol. The Labute approximate surface area is 178 Å². The third-order valence-corrected chi connectivity index (χ3v) is 5.62. The first-order valence-corrected chi connectivity index (χ1v) is 10.2. The van der Waals surface area contributed by atoms with Gasteiger partial charge in [0.05, 0.1) is 11.4 Å². The molecule has 0 radical (unpaired) electrons. The largest absolute Gasteiger partial charge is 0.488 e. The Morgan fingerprint density at radius 2 is 1.81 bits per heavy atom. The van der Waals surface area contributed by atoms with E-state index in [0.717, 1.165) is 31.2 Å². The predicted octanol–water partition coefficient (Wildman–Crippen LogP) is 5.46. The molecule has 1 aliphatic rings. The number of thioether (sulfide) groups is 1. The van der Waals surface area contributed by atoms with Crippen LogP contribution in [0.4, 0.5) is 4.79 Å². The van der Waals surface area contributed by atoms with Crippen molar-refractivity contribution in [1.29, 1.82) is 0 Å².